The van der Waals surface area contributed by atoms with E-state index in [2.05, 4.69) is 4.99 Å². The minimum Gasteiger partial charge on any atom is -0.423 e. The van der Waals surface area contributed by atoms with E-state index in [9.17, 15) is 9.59 Å². The number of nitrogens with zero attached hydrogens (tertiary/aromatic N) is 1. The van der Waals surface area contributed by atoms with Crippen LogP contribution < -0.4 is 5.63 Å². The summed E-state index contributed by atoms with van der Waals surface area (Å²) in [6.07, 6.45) is 1.46. The zero-order chi connectivity index (χ0) is 13.9. The largest absolute Gasteiger partial charge is 0.423 e. The molecule has 1 heterocycles. The molecule has 0 radical (unpaired) electrons. The third kappa shape index (κ3) is 2.16. The van der Waals surface area contributed by atoms with Gasteiger partial charge in [-0.3, -0.25) is 0 Å². The van der Waals surface area contributed by atoms with Crippen LogP contribution in [0.5, 0.6) is 0 Å². The van der Waals surface area contributed by atoms with Crippen molar-refractivity contribution in [3.05, 3.63) is 65.0 Å². The molecule has 3 rings (SSSR count). The van der Waals surface area contributed by atoms with Crippen LogP contribution in [0.4, 0.5) is 5.69 Å². The maximum atomic E-state index is 11.7. The van der Waals surface area contributed by atoms with Gasteiger partial charge in [0.15, 0.2) is 0 Å². The number of hydrogen-bond donors (Lipinski definition) is 0. The number of hydrogen-bond acceptors (Lipinski definition) is 4. The molecule has 0 aliphatic rings. The highest BCUT2D eigenvalue weighted by molar-refractivity contribution is 5.94. The van der Waals surface area contributed by atoms with Crippen LogP contribution in [0.1, 0.15) is 0 Å². The maximum Gasteiger partial charge on any atom is 0.336 e. The van der Waals surface area contributed by atoms with E-state index < -0.39 is 5.63 Å². The molecule has 0 fully saturated rings. The van der Waals surface area contributed by atoms with Crippen molar-refractivity contribution in [2.45, 2.75) is 0 Å². The fraction of sp³-hybridized carbons (Fsp3) is 0. The Morgan fingerprint density at radius 3 is 2.55 bits per heavy atom. The Morgan fingerprint density at radius 2 is 1.80 bits per heavy atom. The molecule has 0 N–H and O–H groups in total. The molecule has 3 aromatic rings. The highest BCUT2D eigenvalue weighted by Crippen LogP contribution is 2.29. The second-order valence-electron chi connectivity index (χ2n) is 4.23. The van der Waals surface area contributed by atoms with Gasteiger partial charge < -0.3 is 4.42 Å². The fourth-order valence-electron chi connectivity index (χ4n) is 2.13. The summed E-state index contributed by atoms with van der Waals surface area (Å²) in [7, 11) is 0. The van der Waals surface area contributed by atoms with Gasteiger partial charge in [-0.25, -0.2) is 9.59 Å². The van der Waals surface area contributed by atoms with Crippen LogP contribution in [0.3, 0.4) is 0 Å². The first-order chi connectivity index (χ1) is 9.78. The van der Waals surface area contributed by atoms with E-state index in [-0.39, 0.29) is 0 Å². The van der Waals surface area contributed by atoms with Crippen molar-refractivity contribution in [1.82, 2.24) is 0 Å². The molecular formula is C16H9NO3. The van der Waals surface area contributed by atoms with E-state index in [0.29, 0.717) is 11.3 Å². The molecule has 4 nitrogen and oxygen atoms in total. The van der Waals surface area contributed by atoms with Gasteiger partial charge >= 0.3 is 5.63 Å². The summed E-state index contributed by atoms with van der Waals surface area (Å²) in [5.74, 6) is 0. The molecule has 1 aromatic heterocycles. The number of fused-ring (bicyclic) bond motifs is 1. The lowest BCUT2D eigenvalue weighted by Gasteiger charge is -2.05. The highest BCUT2D eigenvalue weighted by atomic mass is 16.4. The summed E-state index contributed by atoms with van der Waals surface area (Å²) >= 11 is 0. The molecule has 0 aliphatic heterocycles. The second kappa shape index (κ2) is 4.96. The monoisotopic (exact) mass is 263 g/mol. The molecule has 0 bridgehead atoms. The molecule has 0 spiro atoms. The van der Waals surface area contributed by atoms with E-state index in [0.717, 1.165) is 16.5 Å². The SMILES string of the molecule is O=C=Nc1ccc2c(-c3ccccc3)cc(=O)oc2c1. The summed E-state index contributed by atoms with van der Waals surface area (Å²) in [5, 5.41) is 0.792. The molecule has 0 saturated heterocycles. The normalized spacial score (nSPS) is 10.2. The van der Waals surface area contributed by atoms with Gasteiger partial charge in [0.05, 0.1) is 5.69 Å². The smallest absolute Gasteiger partial charge is 0.336 e. The molecule has 2 aromatic carbocycles. The lowest BCUT2D eigenvalue weighted by Crippen LogP contribution is -1.97. The number of aliphatic imine (C=N–C) groups is 1. The van der Waals surface area contributed by atoms with E-state index in [4.69, 9.17) is 4.42 Å². The summed E-state index contributed by atoms with van der Waals surface area (Å²) < 4.78 is 5.17. The van der Waals surface area contributed by atoms with Crippen LogP contribution in [0, 0.1) is 0 Å². The Morgan fingerprint density at radius 1 is 1.00 bits per heavy atom. The second-order valence-corrected chi connectivity index (χ2v) is 4.23. The van der Waals surface area contributed by atoms with Crippen LogP contribution in [-0.2, 0) is 4.79 Å². The third-order valence-electron chi connectivity index (χ3n) is 2.99. The standard InChI is InChI=1S/C16H9NO3/c18-10-17-12-6-7-13-14(11-4-2-1-3-5-11)9-16(19)20-15(13)8-12/h1-9H. The Balaban J connectivity index is 2.33. The predicted octanol–water partition coefficient (Wildman–Crippen LogP) is 3.43. The molecule has 0 saturated carbocycles. The Kier molecular flexibility index (Phi) is 2.99. The van der Waals surface area contributed by atoms with Gasteiger partial charge in [-0.05, 0) is 23.3 Å². The zero-order valence-electron chi connectivity index (χ0n) is 10.4. The molecule has 0 aliphatic carbocycles. The topological polar surface area (TPSA) is 59.6 Å². The highest BCUT2D eigenvalue weighted by Gasteiger charge is 2.08. The van der Waals surface area contributed by atoms with Crippen LogP contribution in [0.25, 0.3) is 22.1 Å². The number of rotatable bonds is 2. The van der Waals surface area contributed by atoms with E-state index in [1.165, 1.54) is 12.1 Å². The van der Waals surface area contributed by atoms with Crippen molar-refractivity contribution in [2.24, 2.45) is 4.99 Å². The average Bonchev–Trinajstić information content (AvgIpc) is 2.47. The van der Waals surface area contributed by atoms with Gasteiger partial charge in [0, 0.05) is 17.5 Å². The summed E-state index contributed by atoms with van der Waals surface area (Å²) in [6, 6.07) is 16.0. The number of carbonyl (C=O) groups excluding carboxylic acids is 1. The Hall–Kier alpha value is -2.97. The van der Waals surface area contributed by atoms with Gasteiger partial charge in [0.2, 0.25) is 6.08 Å². The Bertz CT molecular complexity index is 875. The summed E-state index contributed by atoms with van der Waals surface area (Å²) in [5.41, 5.74) is 2.08. The quantitative estimate of drug-likeness (QED) is 0.404. The first-order valence-electron chi connectivity index (χ1n) is 5.99. The van der Waals surface area contributed by atoms with E-state index in [1.807, 2.05) is 30.3 Å². The number of isocyanates is 1. The predicted molar refractivity (Wildman–Crippen MR) is 75.7 cm³/mol. The van der Waals surface area contributed by atoms with Gasteiger partial charge in [-0.15, -0.1) is 0 Å². The van der Waals surface area contributed by atoms with Crippen LogP contribution in [0.15, 0.2) is 68.8 Å². The van der Waals surface area contributed by atoms with Crippen molar-refractivity contribution < 1.29 is 9.21 Å². The first-order valence-corrected chi connectivity index (χ1v) is 5.99. The molecule has 20 heavy (non-hydrogen) atoms. The lowest BCUT2D eigenvalue weighted by molar-refractivity contribution is 0.561. The maximum absolute atomic E-state index is 11.7. The minimum absolute atomic E-state index is 0.396. The third-order valence-corrected chi connectivity index (χ3v) is 2.99. The average molecular weight is 263 g/mol. The molecule has 0 unspecified atom stereocenters. The minimum atomic E-state index is -0.441. The molecule has 4 heteroatoms. The van der Waals surface area contributed by atoms with Crippen molar-refractivity contribution >= 4 is 22.7 Å². The fourth-order valence-corrected chi connectivity index (χ4v) is 2.13. The first kappa shape index (κ1) is 12.1. The van der Waals surface area contributed by atoms with Crippen LogP contribution in [0.2, 0.25) is 0 Å². The van der Waals surface area contributed by atoms with Gasteiger partial charge in [0.25, 0.3) is 0 Å². The van der Waals surface area contributed by atoms with Crippen molar-refractivity contribution in [1.29, 1.82) is 0 Å². The molecule has 0 amide bonds. The van der Waals surface area contributed by atoms with Gasteiger partial charge in [0.1, 0.15) is 5.58 Å². The molecular weight excluding hydrogens is 254 g/mol. The van der Waals surface area contributed by atoms with Gasteiger partial charge in [-0.1, -0.05) is 30.3 Å². The van der Waals surface area contributed by atoms with E-state index >= 15 is 0 Å². The van der Waals surface area contributed by atoms with Crippen molar-refractivity contribution in [3.63, 3.8) is 0 Å². The molecule has 96 valence electrons. The van der Waals surface area contributed by atoms with Crippen molar-refractivity contribution in [2.75, 3.05) is 0 Å². The van der Waals surface area contributed by atoms with Gasteiger partial charge in [-0.2, -0.15) is 4.99 Å². The lowest BCUT2D eigenvalue weighted by atomic mass is 10.0. The summed E-state index contributed by atoms with van der Waals surface area (Å²) in [4.78, 5) is 25.5. The Labute approximate surface area is 114 Å². The number of benzene rings is 2. The van der Waals surface area contributed by atoms with Crippen molar-refractivity contribution in [3.8, 4) is 11.1 Å². The summed E-state index contributed by atoms with van der Waals surface area (Å²) in [6.45, 7) is 0. The molecule has 0 atom stereocenters. The van der Waals surface area contributed by atoms with E-state index in [1.54, 1.807) is 18.2 Å². The zero-order valence-corrected chi connectivity index (χ0v) is 10.4. The van der Waals surface area contributed by atoms with Crippen LogP contribution >= 0.6 is 0 Å². The van der Waals surface area contributed by atoms with Crippen LogP contribution in [-0.4, -0.2) is 6.08 Å².